The molecule has 0 spiro atoms. The number of nitrogens with one attached hydrogen (secondary N) is 1. The Hall–Kier alpha value is -1.81. The quantitative estimate of drug-likeness (QED) is 0.901. The van der Waals surface area contributed by atoms with Crippen molar-refractivity contribution < 1.29 is 9.21 Å². The van der Waals surface area contributed by atoms with Gasteiger partial charge in [-0.25, -0.2) is 4.98 Å². The van der Waals surface area contributed by atoms with E-state index in [0.29, 0.717) is 24.4 Å². The molecule has 0 aliphatic carbocycles. The van der Waals surface area contributed by atoms with E-state index in [0.717, 1.165) is 11.3 Å². The Morgan fingerprint density at radius 2 is 2.22 bits per heavy atom. The molecule has 94 valence electrons. The number of benzene rings is 1. The minimum Gasteiger partial charge on any atom is -0.451 e. The van der Waals surface area contributed by atoms with Gasteiger partial charge >= 0.3 is 0 Å². The maximum atomic E-state index is 11.7. The van der Waals surface area contributed by atoms with Crippen molar-refractivity contribution >= 4 is 17.5 Å². The molecule has 0 radical (unpaired) electrons. The van der Waals surface area contributed by atoms with Crippen LogP contribution in [0.2, 0.25) is 5.02 Å². The van der Waals surface area contributed by atoms with E-state index in [1.165, 1.54) is 6.39 Å². The molecular formula is C13H13ClN2O2. The second kappa shape index (κ2) is 6.21. The summed E-state index contributed by atoms with van der Waals surface area (Å²) < 4.78 is 4.84. The Morgan fingerprint density at radius 3 is 2.94 bits per heavy atom. The summed E-state index contributed by atoms with van der Waals surface area (Å²) in [5.41, 5.74) is 1.66. The van der Waals surface area contributed by atoms with E-state index in [1.54, 1.807) is 12.3 Å². The van der Waals surface area contributed by atoms with Crippen molar-refractivity contribution in [2.45, 2.75) is 12.8 Å². The zero-order valence-electron chi connectivity index (χ0n) is 9.73. The molecule has 18 heavy (non-hydrogen) atoms. The van der Waals surface area contributed by atoms with Gasteiger partial charge in [-0.3, -0.25) is 4.79 Å². The zero-order valence-corrected chi connectivity index (χ0v) is 10.5. The predicted molar refractivity (Wildman–Crippen MR) is 68.4 cm³/mol. The van der Waals surface area contributed by atoms with Gasteiger partial charge in [0.1, 0.15) is 6.26 Å². The number of carbonyl (C=O) groups is 1. The molecule has 5 heteroatoms. The fourth-order valence-corrected chi connectivity index (χ4v) is 1.77. The summed E-state index contributed by atoms with van der Waals surface area (Å²) in [6.45, 7) is 0.538. The summed E-state index contributed by atoms with van der Waals surface area (Å²) in [5.74, 6) is -0.0494. The van der Waals surface area contributed by atoms with E-state index in [4.69, 9.17) is 16.0 Å². The molecule has 2 rings (SSSR count). The highest BCUT2D eigenvalue weighted by molar-refractivity contribution is 6.31. The fourth-order valence-electron chi connectivity index (χ4n) is 1.57. The second-order valence-electron chi connectivity index (χ2n) is 3.85. The van der Waals surface area contributed by atoms with E-state index in [1.807, 2.05) is 18.2 Å². The van der Waals surface area contributed by atoms with E-state index in [2.05, 4.69) is 10.3 Å². The molecule has 0 fully saturated rings. The maximum Gasteiger partial charge on any atom is 0.224 e. The third-order valence-electron chi connectivity index (χ3n) is 2.50. The topological polar surface area (TPSA) is 55.1 Å². The number of oxazole rings is 1. The molecule has 4 nitrogen and oxygen atoms in total. The Labute approximate surface area is 110 Å². The number of halogens is 1. The molecule has 0 bridgehead atoms. The molecule has 0 unspecified atom stereocenters. The molecule has 0 aliphatic rings. The second-order valence-corrected chi connectivity index (χ2v) is 4.26. The van der Waals surface area contributed by atoms with Crippen LogP contribution in [0.3, 0.4) is 0 Å². The highest BCUT2D eigenvalue weighted by Gasteiger charge is 2.06. The number of amides is 1. The van der Waals surface area contributed by atoms with Crippen LogP contribution in [0.15, 0.2) is 41.3 Å². The van der Waals surface area contributed by atoms with Crippen LogP contribution in [0.1, 0.15) is 11.3 Å². The summed E-state index contributed by atoms with van der Waals surface area (Å²) in [6, 6.07) is 7.33. The monoisotopic (exact) mass is 264 g/mol. The Bertz CT molecular complexity index is 511. The standard InChI is InChI=1S/C13H13ClN2O2/c14-12-4-2-1-3-10(12)7-13(17)15-6-5-11-8-18-9-16-11/h1-4,8-9H,5-7H2,(H,15,17). The lowest BCUT2D eigenvalue weighted by Gasteiger charge is -2.05. The largest absolute Gasteiger partial charge is 0.451 e. The van der Waals surface area contributed by atoms with Crippen molar-refractivity contribution in [3.8, 4) is 0 Å². The van der Waals surface area contributed by atoms with Crippen LogP contribution in [0.4, 0.5) is 0 Å². The van der Waals surface area contributed by atoms with E-state index >= 15 is 0 Å². The lowest BCUT2D eigenvalue weighted by Crippen LogP contribution is -2.27. The number of nitrogens with zero attached hydrogens (tertiary/aromatic N) is 1. The van der Waals surface area contributed by atoms with E-state index < -0.39 is 0 Å². The minimum absolute atomic E-state index is 0.0494. The van der Waals surface area contributed by atoms with Gasteiger partial charge in [-0.05, 0) is 11.6 Å². The van der Waals surface area contributed by atoms with Gasteiger partial charge in [0.25, 0.3) is 0 Å². The fraction of sp³-hybridized carbons (Fsp3) is 0.231. The van der Waals surface area contributed by atoms with Gasteiger partial charge < -0.3 is 9.73 Å². The number of hydrogen-bond donors (Lipinski definition) is 1. The van der Waals surface area contributed by atoms with Crippen LogP contribution in [0.25, 0.3) is 0 Å². The number of hydrogen-bond acceptors (Lipinski definition) is 3. The van der Waals surface area contributed by atoms with Crippen LogP contribution in [-0.4, -0.2) is 17.4 Å². The molecule has 0 aliphatic heterocycles. The van der Waals surface area contributed by atoms with Gasteiger partial charge in [0.15, 0.2) is 6.39 Å². The van der Waals surface area contributed by atoms with Gasteiger partial charge in [-0.15, -0.1) is 0 Å². The molecule has 1 aromatic heterocycles. The van der Waals surface area contributed by atoms with E-state index in [-0.39, 0.29) is 5.91 Å². The van der Waals surface area contributed by atoms with Crippen molar-refractivity contribution in [3.05, 3.63) is 53.2 Å². The lowest BCUT2D eigenvalue weighted by atomic mass is 10.1. The van der Waals surface area contributed by atoms with Crippen molar-refractivity contribution in [1.82, 2.24) is 10.3 Å². The van der Waals surface area contributed by atoms with Gasteiger partial charge in [-0.1, -0.05) is 29.8 Å². The first-order valence-electron chi connectivity index (χ1n) is 5.63. The van der Waals surface area contributed by atoms with Crippen LogP contribution < -0.4 is 5.32 Å². The Kier molecular flexibility index (Phi) is 4.36. The van der Waals surface area contributed by atoms with Crippen LogP contribution in [0.5, 0.6) is 0 Å². The number of carbonyl (C=O) groups excluding carboxylic acids is 1. The molecule has 0 atom stereocenters. The normalized spacial score (nSPS) is 10.3. The molecular weight excluding hydrogens is 252 g/mol. The minimum atomic E-state index is -0.0494. The molecule has 0 saturated heterocycles. The van der Waals surface area contributed by atoms with Crippen molar-refractivity contribution in [1.29, 1.82) is 0 Å². The third-order valence-corrected chi connectivity index (χ3v) is 2.86. The SMILES string of the molecule is O=C(Cc1ccccc1Cl)NCCc1cocn1. The zero-order chi connectivity index (χ0) is 12.8. The number of aromatic nitrogens is 1. The summed E-state index contributed by atoms with van der Waals surface area (Å²) in [6.07, 6.45) is 3.89. The van der Waals surface area contributed by atoms with Gasteiger partial charge in [-0.2, -0.15) is 0 Å². The van der Waals surface area contributed by atoms with Gasteiger partial charge in [0.2, 0.25) is 5.91 Å². The van der Waals surface area contributed by atoms with Crippen molar-refractivity contribution in [3.63, 3.8) is 0 Å². The molecule has 1 amide bonds. The molecule has 1 N–H and O–H groups in total. The highest BCUT2D eigenvalue weighted by atomic mass is 35.5. The lowest BCUT2D eigenvalue weighted by molar-refractivity contribution is -0.120. The average Bonchev–Trinajstić information content (AvgIpc) is 2.85. The Morgan fingerprint density at radius 1 is 1.39 bits per heavy atom. The first-order valence-corrected chi connectivity index (χ1v) is 6.00. The molecule has 1 heterocycles. The Balaban J connectivity index is 1.77. The first-order chi connectivity index (χ1) is 8.75. The van der Waals surface area contributed by atoms with Crippen molar-refractivity contribution in [2.24, 2.45) is 0 Å². The molecule has 1 aromatic carbocycles. The summed E-state index contributed by atoms with van der Waals surface area (Å²) in [4.78, 5) is 15.7. The first kappa shape index (κ1) is 12.6. The average molecular weight is 265 g/mol. The smallest absolute Gasteiger partial charge is 0.224 e. The van der Waals surface area contributed by atoms with Gasteiger partial charge in [0, 0.05) is 18.0 Å². The number of rotatable bonds is 5. The van der Waals surface area contributed by atoms with Crippen LogP contribution >= 0.6 is 11.6 Å². The summed E-state index contributed by atoms with van der Waals surface area (Å²) in [5, 5.41) is 3.43. The highest BCUT2D eigenvalue weighted by Crippen LogP contribution is 2.15. The van der Waals surface area contributed by atoms with Crippen LogP contribution in [-0.2, 0) is 17.6 Å². The van der Waals surface area contributed by atoms with Gasteiger partial charge in [0.05, 0.1) is 12.1 Å². The maximum absolute atomic E-state index is 11.7. The summed E-state index contributed by atoms with van der Waals surface area (Å²) in [7, 11) is 0. The van der Waals surface area contributed by atoms with Crippen LogP contribution in [0, 0.1) is 0 Å². The predicted octanol–water partition coefficient (Wildman–Crippen LogP) is 2.23. The molecule has 0 saturated carbocycles. The van der Waals surface area contributed by atoms with E-state index in [9.17, 15) is 4.79 Å². The van der Waals surface area contributed by atoms with Crippen molar-refractivity contribution in [2.75, 3.05) is 6.54 Å². The third kappa shape index (κ3) is 3.60. The molecule has 2 aromatic rings. The summed E-state index contributed by atoms with van der Waals surface area (Å²) >= 11 is 5.98.